The molecule has 0 spiro atoms. The number of unbranched alkanes of at least 4 members (excludes halogenated alkanes) is 2. The van der Waals surface area contributed by atoms with E-state index in [0.717, 1.165) is 45.4 Å². The first kappa shape index (κ1) is 14.4. The summed E-state index contributed by atoms with van der Waals surface area (Å²) < 4.78 is 0. The van der Waals surface area contributed by atoms with Crippen LogP contribution in [0.25, 0.3) is 0 Å². The van der Waals surface area contributed by atoms with Crippen LogP contribution in [0.1, 0.15) is 26.2 Å². The Balaban J connectivity index is 2.34. The second-order valence-corrected chi connectivity index (χ2v) is 4.43. The summed E-state index contributed by atoms with van der Waals surface area (Å²) in [6.45, 7) is 6.47. The average Bonchev–Trinajstić information content (AvgIpc) is 2.35. The zero-order chi connectivity index (χ0) is 12.5. The first-order chi connectivity index (χ1) is 8.29. The molecule has 1 saturated heterocycles. The Morgan fingerprint density at radius 2 is 2.29 bits per heavy atom. The lowest BCUT2D eigenvalue weighted by Crippen LogP contribution is -2.57. The Kier molecular flexibility index (Phi) is 7.16. The Labute approximate surface area is 104 Å². The second kappa shape index (κ2) is 8.44. The molecule has 1 amide bonds. The third-order valence-corrected chi connectivity index (χ3v) is 3.11. The van der Waals surface area contributed by atoms with Crippen LogP contribution in [0.4, 0.5) is 0 Å². The summed E-state index contributed by atoms with van der Waals surface area (Å²) in [6.07, 6.45) is 2.94. The maximum Gasteiger partial charge on any atom is 0.238 e. The van der Waals surface area contributed by atoms with Gasteiger partial charge in [0.25, 0.3) is 0 Å². The molecule has 3 N–H and O–H groups in total. The van der Waals surface area contributed by atoms with Gasteiger partial charge in [0, 0.05) is 32.8 Å². The smallest absolute Gasteiger partial charge is 0.238 e. The predicted octanol–water partition coefficient (Wildman–Crippen LogP) is -0.441. The van der Waals surface area contributed by atoms with Crippen molar-refractivity contribution < 1.29 is 9.90 Å². The number of rotatable bonds is 7. The van der Waals surface area contributed by atoms with E-state index in [2.05, 4.69) is 15.5 Å². The molecule has 1 heterocycles. The summed E-state index contributed by atoms with van der Waals surface area (Å²) >= 11 is 0. The Bertz CT molecular complexity index is 224. The van der Waals surface area contributed by atoms with Gasteiger partial charge in [-0.1, -0.05) is 0 Å². The van der Waals surface area contributed by atoms with Gasteiger partial charge in [-0.3, -0.25) is 9.69 Å². The van der Waals surface area contributed by atoms with Gasteiger partial charge in [-0.2, -0.15) is 0 Å². The highest BCUT2D eigenvalue weighted by molar-refractivity contribution is 5.82. The molecule has 0 aromatic carbocycles. The predicted molar refractivity (Wildman–Crippen MR) is 67.9 cm³/mol. The van der Waals surface area contributed by atoms with Crippen LogP contribution >= 0.6 is 0 Å². The Morgan fingerprint density at radius 3 is 3.00 bits per heavy atom. The number of hydrogen-bond acceptors (Lipinski definition) is 4. The molecule has 1 atom stereocenters. The van der Waals surface area contributed by atoms with E-state index in [1.165, 1.54) is 0 Å². The van der Waals surface area contributed by atoms with Crippen molar-refractivity contribution in [3.8, 4) is 0 Å². The zero-order valence-corrected chi connectivity index (χ0v) is 10.7. The van der Waals surface area contributed by atoms with Crippen molar-refractivity contribution in [1.29, 1.82) is 0 Å². The van der Waals surface area contributed by atoms with Crippen LogP contribution in [0.3, 0.4) is 0 Å². The molecule has 0 radical (unpaired) electrons. The largest absolute Gasteiger partial charge is 0.396 e. The molecule has 5 nitrogen and oxygen atoms in total. The van der Waals surface area contributed by atoms with E-state index in [0.29, 0.717) is 6.54 Å². The fourth-order valence-corrected chi connectivity index (χ4v) is 2.17. The third-order valence-electron chi connectivity index (χ3n) is 3.11. The SMILES string of the molecule is CCNC(=O)C1CNCCN1CCCCCO. The van der Waals surface area contributed by atoms with Crippen LogP contribution in [0, 0.1) is 0 Å². The molecule has 1 aliphatic rings. The summed E-state index contributed by atoms with van der Waals surface area (Å²) in [5.74, 6) is 0.127. The van der Waals surface area contributed by atoms with Crippen LogP contribution < -0.4 is 10.6 Å². The summed E-state index contributed by atoms with van der Waals surface area (Å²) in [5, 5.41) is 14.9. The monoisotopic (exact) mass is 243 g/mol. The van der Waals surface area contributed by atoms with E-state index in [1.54, 1.807) is 0 Å². The summed E-state index contributed by atoms with van der Waals surface area (Å²) in [4.78, 5) is 14.1. The number of carbonyl (C=O) groups excluding carboxylic acids is 1. The highest BCUT2D eigenvalue weighted by Gasteiger charge is 2.27. The fourth-order valence-electron chi connectivity index (χ4n) is 2.17. The molecule has 0 aromatic rings. The normalized spacial score (nSPS) is 21.4. The number of aliphatic hydroxyl groups excluding tert-OH is 1. The topological polar surface area (TPSA) is 64.6 Å². The van der Waals surface area contributed by atoms with E-state index in [-0.39, 0.29) is 18.6 Å². The van der Waals surface area contributed by atoms with Gasteiger partial charge in [0.2, 0.25) is 5.91 Å². The number of aliphatic hydroxyl groups is 1. The van der Waals surface area contributed by atoms with E-state index < -0.39 is 0 Å². The summed E-state index contributed by atoms with van der Waals surface area (Å²) in [7, 11) is 0. The highest BCUT2D eigenvalue weighted by Crippen LogP contribution is 2.06. The van der Waals surface area contributed by atoms with Crippen molar-refractivity contribution >= 4 is 5.91 Å². The lowest BCUT2D eigenvalue weighted by atomic mass is 10.1. The van der Waals surface area contributed by atoms with Crippen LogP contribution in [0.2, 0.25) is 0 Å². The first-order valence-electron chi connectivity index (χ1n) is 6.63. The van der Waals surface area contributed by atoms with Gasteiger partial charge in [-0.05, 0) is 32.7 Å². The Morgan fingerprint density at radius 1 is 1.47 bits per heavy atom. The molecule has 1 unspecified atom stereocenters. The summed E-state index contributed by atoms with van der Waals surface area (Å²) in [5.41, 5.74) is 0. The molecule has 1 fully saturated rings. The quantitative estimate of drug-likeness (QED) is 0.530. The van der Waals surface area contributed by atoms with Crippen molar-refractivity contribution in [2.45, 2.75) is 32.2 Å². The van der Waals surface area contributed by atoms with Gasteiger partial charge < -0.3 is 15.7 Å². The van der Waals surface area contributed by atoms with Crippen molar-refractivity contribution in [1.82, 2.24) is 15.5 Å². The van der Waals surface area contributed by atoms with Gasteiger partial charge in [-0.15, -0.1) is 0 Å². The van der Waals surface area contributed by atoms with Crippen LogP contribution in [0.5, 0.6) is 0 Å². The van der Waals surface area contributed by atoms with Gasteiger partial charge in [-0.25, -0.2) is 0 Å². The van der Waals surface area contributed by atoms with Gasteiger partial charge in [0.1, 0.15) is 6.04 Å². The van der Waals surface area contributed by atoms with E-state index in [4.69, 9.17) is 5.11 Å². The minimum absolute atomic E-state index is 0.0298. The minimum Gasteiger partial charge on any atom is -0.396 e. The molecule has 5 heteroatoms. The third kappa shape index (κ3) is 5.02. The number of amides is 1. The van der Waals surface area contributed by atoms with Gasteiger partial charge >= 0.3 is 0 Å². The fraction of sp³-hybridized carbons (Fsp3) is 0.917. The average molecular weight is 243 g/mol. The maximum absolute atomic E-state index is 11.9. The Hall–Kier alpha value is -0.650. The molecule has 100 valence electrons. The highest BCUT2D eigenvalue weighted by atomic mass is 16.2. The summed E-state index contributed by atoms with van der Waals surface area (Å²) in [6, 6.07) is -0.0298. The molecular weight excluding hydrogens is 218 g/mol. The maximum atomic E-state index is 11.9. The van der Waals surface area contributed by atoms with Gasteiger partial charge in [0.15, 0.2) is 0 Å². The number of hydrogen-bond donors (Lipinski definition) is 3. The number of piperazine rings is 1. The second-order valence-electron chi connectivity index (χ2n) is 4.43. The van der Waals surface area contributed by atoms with Crippen LogP contribution in [0.15, 0.2) is 0 Å². The van der Waals surface area contributed by atoms with Crippen molar-refractivity contribution in [2.24, 2.45) is 0 Å². The van der Waals surface area contributed by atoms with Gasteiger partial charge in [0.05, 0.1) is 0 Å². The molecule has 0 aromatic heterocycles. The number of nitrogens with one attached hydrogen (secondary N) is 2. The number of likely N-dealkylation sites (N-methyl/N-ethyl adjacent to an activating group) is 1. The van der Waals surface area contributed by atoms with Crippen LogP contribution in [-0.4, -0.2) is 61.3 Å². The lowest BCUT2D eigenvalue weighted by molar-refractivity contribution is -0.127. The molecule has 17 heavy (non-hydrogen) atoms. The first-order valence-corrected chi connectivity index (χ1v) is 6.63. The zero-order valence-electron chi connectivity index (χ0n) is 10.7. The van der Waals surface area contributed by atoms with E-state index in [9.17, 15) is 4.79 Å². The molecule has 1 aliphatic heterocycles. The van der Waals surface area contributed by atoms with Crippen molar-refractivity contribution in [2.75, 3.05) is 39.3 Å². The minimum atomic E-state index is -0.0298. The standard InChI is InChI=1S/C12H25N3O2/c1-2-14-12(17)11-10-13-6-8-15(11)7-4-3-5-9-16/h11,13,16H,2-10H2,1H3,(H,14,17). The number of carbonyl (C=O) groups is 1. The van der Waals surface area contributed by atoms with Crippen molar-refractivity contribution in [3.63, 3.8) is 0 Å². The molecule has 0 aliphatic carbocycles. The molecular formula is C12H25N3O2. The van der Waals surface area contributed by atoms with E-state index in [1.807, 2.05) is 6.92 Å². The van der Waals surface area contributed by atoms with E-state index >= 15 is 0 Å². The van der Waals surface area contributed by atoms with Crippen LogP contribution in [-0.2, 0) is 4.79 Å². The van der Waals surface area contributed by atoms with Crippen molar-refractivity contribution in [3.05, 3.63) is 0 Å². The molecule has 0 saturated carbocycles. The number of nitrogens with zero attached hydrogens (tertiary/aromatic N) is 1. The molecule has 0 bridgehead atoms. The lowest BCUT2D eigenvalue weighted by Gasteiger charge is -2.35. The molecule has 1 rings (SSSR count).